The van der Waals surface area contributed by atoms with E-state index in [2.05, 4.69) is 0 Å². The third-order valence-corrected chi connectivity index (χ3v) is 5.95. The fourth-order valence-electron chi connectivity index (χ4n) is 4.35. The Morgan fingerprint density at radius 3 is 2.37 bits per heavy atom. The van der Waals surface area contributed by atoms with Crippen molar-refractivity contribution in [2.45, 2.75) is 39.2 Å². The molecule has 1 aromatic carbocycles. The first-order valence-corrected chi connectivity index (χ1v) is 9.20. The van der Waals surface area contributed by atoms with E-state index < -0.39 is 12.0 Å². The summed E-state index contributed by atoms with van der Waals surface area (Å²) in [4.78, 5) is 39.4. The summed E-state index contributed by atoms with van der Waals surface area (Å²) in [6.45, 7) is 4.92. The summed E-state index contributed by atoms with van der Waals surface area (Å²) in [6, 6.07) is 4.65. The first-order valence-electron chi connectivity index (χ1n) is 9.20. The molecule has 2 saturated heterocycles. The van der Waals surface area contributed by atoms with Crippen molar-refractivity contribution in [3.63, 3.8) is 0 Å². The number of rotatable bonds is 3. The van der Waals surface area contributed by atoms with E-state index in [0.717, 1.165) is 11.3 Å². The van der Waals surface area contributed by atoms with Gasteiger partial charge in [0.1, 0.15) is 11.8 Å². The van der Waals surface area contributed by atoms with Gasteiger partial charge in [-0.3, -0.25) is 9.59 Å². The van der Waals surface area contributed by atoms with Crippen LogP contribution in [0.15, 0.2) is 18.2 Å². The van der Waals surface area contributed by atoms with Crippen LogP contribution in [0.25, 0.3) is 0 Å². The molecule has 1 aromatic rings. The fourth-order valence-corrected chi connectivity index (χ4v) is 4.35. The Morgan fingerprint density at radius 1 is 1.22 bits per heavy atom. The van der Waals surface area contributed by atoms with Crippen molar-refractivity contribution in [2.24, 2.45) is 5.41 Å². The van der Waals surface area contributed by atoms with Gasteiger partial charge in [-0.1, -0.05) is 0 Å². The third kappa shape index (κ3) is 3.63. The van der Waals surface area contributed by atoms with Gasteiger partial charge in [0.15, 0.2) is 0 Å². The number of hydrogen-bond donors (Lipinski definition) is 1. The summed E-state index contributed by atoms with van der Waals surface area (Å²) >= 11 is 0. The summed E-state index contributed by atoms with van der Waals surface area (Å²) in [7, 11) is 1.60. The molecule has 0 unspecified atom stereocenters. The zero-order valence-corrected chi connectivity index (χ0v) is 16.0. The highest BCUT2D eigenvalue weighted by Gasteiger charge is 2.49. The molecule has 0 saturated carbocycles. The van der Waals surface area contributed by atoms with Crippen LogP contribution in [-0.2, 0) is 9.59 Å². The number of aliphatic carboxylic acids is 1. The van der Waals surface area contributed by atoms with Crippen molar-refractivity contribution in [3.8, 4) is 5.75 Å². The molecule has 2 heterocycles. The van der Waals surface area contributed by atoms with Gasteiger partial charge in [0.2, 0.25) is 5.91 Å². The second-order valence-corrected chi connectivity index (χ2v) is 7.68. The molecular weight excluding hydrogens is 348 g/mol. The standard InChI is InChI=1S/C20H26N2O5/c1-13-10-15(4-5-17(13)27-3)18(24)21-8-6-20(7-9-21)11-16(19(25)26)22(12-20)14(2)23/h4-5,10,16H,6-9,11-12H2,1-3H3,(H,25,26)/t16-/m1/s1. The number of hydrogen-bond acceptors (Lipinski definition) is 4. The van der Waals surface area contributed by atoms with E-state index >= 15 is 0 Å². The number of aryl methyl sites for hydroxylation is 1. The molecule has 3 rings (SSSR count). The Morgan fingerprint density at radius 2 is 1.89 bits per heavy atom. The number of carbonyl (C=O) groups is 3. The van der Waals surface area contributed by atoms with Crippen LogP contribution in [-0.4, -0.2) is 65.5 Å². The third-order valence-electron chi connectivity index (χ3n) is 5.95. The van der Waals surface area contributed by atoms with Crippen LogP contribution in [0.1, 0.15) is 42.1 Å². The van der Waals surface area contributed by atoms with Crippen molar-refractivity contribution in [2.75, 3.05) is 26.7 Å². The average Bonchev–Trinajstić information content (AvgIpc) is 3.02. The van der Waals surface area contributed by atoms with Crippen LogP contribution in [0.2, 0.25) is 0 Å². The van der Waals surface area contributed by atoms with Gasteiger partial charge in [-0.25, -0.2) is 4.79 Å². The van der Waals surface area contributed by atoms with Crippen LogP contribution in [0.4, 0.5) is 0 Å². The van der Waals surface area contributed by atoms with Crippen molar-refractivity contribution in [1.29, 1.82) is 0 Å². The number of amides is 2. The lowest BCUT2D eigenvalue weighted by Crippen LogP contribution is -2.44. The first kappa shape index (κ1) is 19.2. The van der Waals surface area contributed by atoms with Gasteiger partial charge in [-0.2, -0.15) is 0 Å². The van der Waals surface area contributed by atoms with Gasteiger partial charge in [0.05, 0.1) is 7.11 Å². The molecule has 2 aliphatic heterocycles. The maximum atomic E-state index is 12.8. The number of piperidine rings is 1. The molecule has 0 radical (unpaired) electrons. The highest BCUT2D eigenvalue weighted by Crippen LogP contribution is 2.43. The smallest absolute Gasteiger partial charge is 0.326 e. The van der Waals surface area contributed by atoms with Gasteiger partial charge >= 0.3 is 5.97 Å². The van der Waals surface area contributed by atoms with Gasteiger partial charge in [0.25, 0.3) is 5.91 Å². The van der Waals surface area contributed by atoms with E-state index in [1.165, 1.54) is 11.8 Å². The number of ether oxygens (including phenoxy) is 1. The topological polar surface area (TPSA) is 87.2 Å². The molecule has 27 heavy (non-hydrogen) atoms. The number of carboxylic acids is 1. The van der Waals surface area contributed by atoms with Crippen LogP contribution >= 0.6 is 0 Å². The van der Waals surface area contributed by atoms with Crippen molar-refractivity contribution in [1.82, 2.24) is 9.80 Å². The molecule has 1 atom stereocenters. The highest BCUT2D eigenvalue weighted by atomic mass is 16.5. The van der Waals surface area contributed by atoms with Crippen molar-refractivity contribution < 1.29 is 24.2 Å². The van der Waals surface area contributed by atoms with Gasteiger partial charge in [0, 0.05) is 32.1 Å². The summed E-state index contributed by atoms with van der Waals surface area (Å²) in [5, 5.41) is 9.44. The second kappa shape index (κ2) is 7.21. The average molecular weight is 374 g/mol. The number of methoxy groups -OCH3 is 1. The lowest BCUT2D eigenvalue weighted by molar-refractivity contribution is -0.147. The molecule has 7 heteroatoms. The lowest BCUT2D eigenvalue weighted by atomic mass is 9.76. The second-order valence-electron chi connectivity index (χ2n) is 7.68. The summed E-state index contributed by atoms with van der Waals surface area (Å²) in [5.74, 6) is -0.424. The Bertz CT molecular complexity index is 744. The monoisotopic (exact) mass is 374 g/mol. The van der Waals surface area contributed by atoms with E-state index in [4.69, 9.17) is 4.74 Å². The van der Waals surface area contributed by atoms with Crippen molar-refractivity contribution in [3.05, 3.63) is 29.3 Å². The van der Waals surface area contributed by atoms with E-state index in [0.29, 0.717) is 44.5 Å². The maximum Gasteiger partial charge on any atom is 0.326 e. The van der Waals surface area contributed by atoms with E-state index in [-0.39, 0.29) is 17.2 Å². The quantitative estimate of drug-likeness (QED) is 0.874. The predicted molar refractivity (Wildman–Crippen MR) is 98.7 cm³/mol. The minimum atomic E-state index is -0.950. The first-order chi connectivity index (χ1) is 12.8. The van der Waals surface area contributed by atoms with Gasteiger partial charge in [-0.15, -0.1) is 0 Å². The van der Waals surface area contributed by atoms with E-state index in [9.17, 15) is 19.5 Å². The Balaban J connectivity index is 1.68. The molecule has 7 nitrogen and oxygen atoms in total. The summed E-state index contributed by atoms with van der Waals surface area (Å²) in [6.07, 6.45) is 1.88. The molecular formula is C20H26N2O5. The normalized spacial score (nSPS) is 21.4. The zero-order valence-electron chi connectivity index (χ0n) is 16.0. The van der Waals surface area contributed by atoms with Crippen molar-refractivity contribution >= 4 is 17.8 Å². The molecule has 0 aliphatic carbocycles. The Kier molecular flexibility index (Phi) is 5.13. The molecule has 0 bridgehead atoms. The number of likely N-dealkylation sites (tertiary alicyclic amines) is 2. The predicted octanol–water partition coefficient (Wildman–Crippen LogP) is 1.93. The van der Waals surface area contributed by atoms with Crippen LogP contribution in [0.5, 0.6) is 5.75 Å². The molecule has 2 fully saturated rings. The van der Waals surface area contributed by atoms with Crippen LogP contribution in [0.3, 0.4) is 0 Å². The van der Waals surface area contributed by atoms with Gasteiger partial charge < -0.3 is 19.6 Å². The fraction of sp³-hybridized carbons (Fsp3) is 0.550. The number of benzene rings is 1. The van der Waals surface area contributed by atoms with E-state index in [1.807, 2.05) is 17.9 Å². The molecule has 1 N–H and O–H groups in total. The number of carboxylic acid groups (broad SMARTS) is 1. The van der Waals surface area contributed by atoms with E-state index in [1.54, 1.807) is 19.2 Å². The molecule has 2 amide bonds. The number of nitrogens with zero attached hydrogens (tertiary/aromatic N) is 2. The summed E-state index contributed by atoms with van der Waals surface area (Å²) < 4.78 is 5.24. The molecule has 2 aliphatic rings. The minimum Gasteiger partial charge on any atom is -0.496 e. The maximum absolute atomic E-state index is 12.8. The van der Waals surface area contributed by atoms with Crippen LogP contribution in [0, 0.1) is 12.3 Å². The molecule has 146 valence electrons. The largest absolute Gasteiger partial charge is 0.496 e. The summed E-state index contributed by atoms with van der Waals surface area (Å²) in [5.41, 5.74) is 1.33. The lowest BCUT2D eigenvalue weighted by Gasteiger charge is -2.39. The highest BCUT2D eigenvalue weighted by molar-refractivity contribution is 5.94. The Labute approximate surface area is 158 Å². The molecule has 0 aromatic heterocycles. The minimum absolute atomic E-state index is 0.0215. The zero-order chi connectivity index (χ0) is 19.8. The van der Waals surface area contributed by atoms with Crippen LogP contribution < -0.4 is 4.74 Å². The SMILES string of the molecule is COc1ccc(C(=O)N2CCC3(CC2)C[C@H](C(=O)O)N(C(C)=O)C3)cc1C. The number of carbonyl (C=O) groups excluding carboxylic acids is 2. The Hall–Kier alpha value is -2.57. The molecule has 1 spiro atoms. The van der Waals surface area contributed by atoms with Gasteiger partial charge in [-0.05, 0) is 55.4 Å².